The Hall–Kier alpha value is -1.43. The minimum atomic E-state index is -1.02. The molecule has 1 unspecified atom stereocenters. The largest absolute Gasteiger partial charge is 0.478 e. The molecule has 1 aromatic heterocycles. The molecule has 0 bridgehead atoms. The maximum atomic E-state index is 11.5. The van der Waals surface area contributed by atoms with E-state index in [4.69, 9.17) is 9.52 Å². The lowest BCUT2D eigenvalue weighted by atomic mass is 10.2. The Kier molecular flexibility index (Phi) is 5.27. The Morgan fingerprint density at radius 2 is 2.22 bits per heavy atom. The summed E-state index contributed by atoms with van der Waals surface area (Å²) in [7, 11) is 0. The third kappa shape index (κ3) is 4.10. The minimum Gasteiger partial charge on any atom is -0.478 e. The maximum Gasteiger partial charge on any atom is 0.339 e. The number of furan rings is 1. The van der Waals surface area contributed by atoms with Crippen LogP contribution < -0.4 is 5.32 Å². The molecule has 0 spiro atoms. The average Bonchev–Trinajstić information content (AvgIpc) is 2.68. The van der Waals surface area contributed by atoms with Crippen LogP contribution in [0.2, 0.25) is 0 Å². The Bertz CT molecular complexity index is 441. The Morgan fingerprint density at radius 3 is 2.72 bits per heavy atom. The van der Waals surface area contributed by atoms with Gasteiger partial charge in [0.05, 0.1) is 6.54 Å². The average molecular weight is 271 g/mol. The van der Waals surface area contributed by atoms with Crippen LogP contribution in [0, 0.1) is 6.92 Å². The van der Waals surface area contributed by atoms with Crippen LogP contribution in [0.1, 0.15) is 35.2 Å². The van der Waals surface area contributed by atoms with E-state index in [0.717, 1.165) is 0 Å². The highest BCUT2D eigenvalue weighted by Gasteiger charge is 2.14. The number of carboxylic acid groups (broad SMARTS) is 1. The Balaban J connectivity index is 2.51. The van der Waals surface area contributed by atoms with E-state index in [1.807, 2.05) is 13.2 Å². The molecule has 0 aliphatic carbocycles. The minimum absolute atomic E-state index is 0.0669. The second-order valence-corrected chi connectivity index (χ2v) is 5.29. The van der Waals surface area contributed by atoms with Gasteiger partial charge in [0.1, 0.15) is 17.1 Å². The van der Waals surface area contributed by atoms with Gasteiger partial charge in [0.15, 0.2) is 0 Å². The zero-order chi connectivity index (χ0) is 13.7. The topological polar surface area (TPSA) is 79.5 Å². The fourth-order valence-corrected chi connectivity index (χ4v) is 1.76. The first-order chi connectivity index (χ1) is 8.43. The van der Waals surface area contributed by atoms with E-state index < -0.39 is 5.97 Å². The Labute approximate surface area is 110 Å². The number of hydrogen-bond donors (Lipinski definition) is 2. The van der Waals surface area contributed by atoms with E-state index in [0.29, 0.717) is 17.9 Å². The van der Waals surface area contributed by atoms with Crippen LogP contribution in [0.15, 0.2) is 10.5 Å². The summed E-state index contributed by atoms with van der Waals surface area (Å²) in [5, 5.41) is 11.8. The highest BCUT2D eigenvalue weighted by molar-refractivity contribution is 7.99. The van der Waals surface area contributed by atoms with Crippen molar-refractivity contribution in [3.8, 4) is 0 Å². The summed E-state index contributed by atoms with van der Waals surface area (Å²) in [5.41, 5.74) is 0.136. The summed E-state index contributed by atoms with van der Waals surface area (Å²) in [6, 6.07) is 1.44. The molecule has 1 heterocycles. The highest BCUT2D eigenvalue weighted by atomic mass is 32.2. The van der Waals surface area contributed by atoms with E-state index in [1.54, 1.807) is 18.7 Å². The van der Waals surface area contributed by atoms with Gasteiger partial charge in [-0.1, -0.05) is 6.92 Å². The van der Waals surface area contributed by atoms with E-state index in [1.165, 1.54) is 6.07 Å². The molecule has 1 amide bonds. The zero-order valence-electron chi connectivity index (χ0n) is 10.6. The predicted molar refractivity (Wildman–Crippen MR) is 69.8 cm³/mol. The van der Waals surface area contributed by atoms with Crippen molar-refractivity contribution in [2.45, 2.75) is 32.1 Å². The normalized spacial score (nSPS) is 12.2. The molecule has 100 valence electrons. The van der Waals surface area contributed by atoms with Gasteiger partial charge in [0.25, 0.3) is 0 Å². The molecule has 0 aliphatic heterocycles. The highest BCUT2D eigenvalue weighted by Crippen LogP contribution is 2.14. The van der Waals surface area contributed by atoms with E-state index >= 15 is 0 Å². The summed E-state index contributed by atoms with van der Waals surface area (Å²) in [5.74, 6) is -0.285. The van der Waals surface area contributed by atoms with Crippen molar-refractivity contribution < 1.29 is 19.1 Å². The van der Waals surface area contributed by atoms with Crippen LogP contribution >= 0.6 is 11.8 Å². The number of thioether (sulfide) groups is 1. The SMILES string of the molecule is CSC(C)CC(=O)NCc1cc(C(=O)O)c(C)o1. The molecule has 2 N–H and O–H groups in total. The van der Waals surface area contributed by atoms with Crippen LogP contribution in [-0.2, 0) is 11.3 Å². The number of carbonyl (C=O) groups is 2. The quantitative estimate of drug-likeness (QED) is 0.827. The molecule has 0 radical (unpaired) electrons. The van der Waals surface area contributed by atoms with E-state index in [2.05, 4.69) is 5.32 Å². The monoisotopic (exact) mass is 271 g/mol. The second kappa shape index (κ2) is 6.49. The first-order valence-corrected chi connectivity index (χ1v) is 6.85. The maximum absolute atomic E-state index is 11.5. The van der Waals surface area contributed by atoms with E-state index in [-0.39, 0.29) is 23.3 Å². The number of aryl methyl sites for hydroxylation is 1. The van der Waals surface area contributed by atoms with Crippen molar-refractivity contribution in [3.63, 3.8) is 0 Å². The van der Waals surface area contributed by atoms with Crippen LogP contribution in [0.4, 0.5) is 0 Å². The summed E-state index contributed by atoms with van der Waals surface area (Å²) in [6.45, 7) is 3.78. The fourth-order valence-electron chi connectivity index (χ4n) is 1.45. The third-order valence-corrected chi connectivity index (χ3v) is 3.51. The van der Waals surface area contributed by atoms with Gasteiger partial charge < -0.3 is 14.8 Å². The van der Waals surface area contributed by atoms with Crippen molar-refractivity contribution in [2.24, 2.45) is 0 Å². The van der Waals surface area contributed by atoms with Crippen molar-refractivity contribution >= 4 is 23.6 Å². The predicted octanol–water partition coefficient (Wildman–Crippen LogP) is 2.04. The molecule has 0 saturated heterocycles. The van der Waals surface area contributed by atoms with Crippen molar-refractivity contribution in [1.29, 1.82) is 0 Å². The van der Waals surface area contributed by atoms with Crippen LogP contribution in [0.25, 0.3) is 0 Å². The number of amides is 1. The smallest absolute Gasteiger partial charge is 0.339 e. The molecular weight excluding hydrogens is 254 g/mol. The second-order valence-electron chi connectivity index (χ2n) is 4.01. The number of hydrogen-bond acceptors (Lipinski definition) is 4. The molecule has 0 aliphatic rings. The standard InChI is InChI=1S/C12H17NO4S/c1-7(18-3)4-11(14)13-6-9-5-10(12(15)16)8(2)17-9/h5,7H,4,6H2,1-3H3,(H,13,14)(H,15,16). The summed E-state index contributed by atoms with van der Waals surface area (Å²) >= 11 is 1.62. The molecule has 1 atom stereocenters. The van der Waals surface area contributed by atoms with Gasteiger partial charge in [0, 0.05) is 11.7 Å². The molecular formula is C12H17NO4S. The Morgan fingerprint density at radius 1 is 1.56 bits per heavy atom. The van der Waals surface area contributed by atoms with Crippen LogP contribution in [0.5, 0.6) is 0 Å². The fraction of sp³-hybridized carbons (Fsp3) is 0.500. The van der Waals surface area contributed by atoms with Gasteiger partial charge >= 0.3 is 5.97 Å². The molecule has 6 heteroatoms. The lowest BCUT2D eigenvalue weighted by Gasteiger charge is -2.07. The molecule has 0 fully saturated rings. The zero-order valence-corrected chi connectivity index (χ0v) is 11.5. The molecule has 1 aromatic rings. The lowest BCUT2D eigenvalue weighted by Crippen LogP contribution is -2.24. The van der Waals surface area contributed by atoms with Crippen LogP contribution in [0.3, 0.4) is 0 Å². The summed E-state index contributed by atoms with van der Waals surface area (Å²) in [4.78, 5) is 22.3. The van der Waals surface area contributed by atoms with Crippen molar-refractivity contribution in [2.75, 3.05) is 6.26 Å². The lowest BCUT2D eigenvalue weighted by molar-refractivity contribution is -0.121. The molecule has 0 aromatic carbocycles. The van der Waals surface area contributed by atoms with Gasteiger partial charge in [-0.2, -0.15) is 11.8 Å². The van der Waals surface area contributed by atoms with Gasteiger partial charge in [-0.3, -0.25) is 4.79 Å². The number of aromatic carboxylic acids is 1. The van der Waals surface area contributed by atoms with Crippen LogP contribution in [-0.4, -0.2) is 28.5 Å². The number of nitrogens with one attached hydrogen (secondary N) is 1. The molecule has 5 nitrogen and oxygen atoms in total. The molecule has 0 saturated carbocycles. The van der Waals surface area contributed by atoms with Gasteiger partial charge in [-0.05, 0) is 19.2 Å². The third-order valence-electron chi connectivity index (χ3n) is 2.53. The summed E-state index contributed by atoms with van der Waals surface area (Å²) < 4.78 is 5.26. The number of carbonyl (C=O) groups excluding carboxylic acids is 1. The van der Waals surface area contributed by atoms with Crippen molar-refractivity contribution in [3.05, 3.63) is 23.2 Å². The van der Waals surface area contributed by atoms with Gasteiger partial charge in [-0.15, -0.1) is 0 Å². The van der Waals surface area contributed by atoms with E-state index in [9.17, 15) is 9.59 Å². The summed E-state index contributed by atoms with van der Waals surface area (Å²) in [6.07, 6.45) is 2.39. The first-order valence-electron chi connectivity index (χ1n) is 5.56. The molecule has 1 rings (SSSR count). The van der Waals surface area contributed by atoms with Crippen molar-refractivity contribution in [1.82, 2.24) is 5.32 Å². The number of rotatable bonds is 6. The van der Waals surface area contributed by atoms with Gasteiger partial charge in [0.2, 0.25) is 5.91 Å². The number of carboxylic acids is 1. The molecule has 18 heavy (non-hydrogen) atoms. The van der Waals surface area contributed by atoms with Gasteiger partial charge in [-0.25, -0.2) is 4.79 Å². The first kappa shape index (κ1) is 14.6.